The van der Waals surface area contributed by atoms with Crippen molar-refractivity contribution in [3.8, 4) is 0 Å². The fraction of sp³-hybridized carbons (Fsp3) is 0.532. The summed E-state index contributed by atoms with van der Waals surface area (Å²) in [6.07, 6.45) is 21.9. The predicted molar refractivity (Wildman–Crippen MR) is 230 cm³/mol. The van der Waals surface area contributed by atoms with Gasteiger partial charge in [-0.25, -0.2) is 9.78 Å². The van der Waals surface area contributed by atoms with Crippen molar-refractivity contribution in [2.75, 3.05) is 7.11 Å². The van der Waals surface area contributed by atoms with Gasteiger partial charge in [0.15, 0.2) is 5.89 Å². The second-order valence-electron chi connectivity index (χ2n) is 15.7. The maximum Gasteiger partial charge on any atom is 0.331 e. The molecule has 13 heteroatoms. The maximum atomic E-state index is 12.6. The molecule has 1 aromatic rings. The quantitative estimate of drug-likeness (QED) is 0.0918. The van der Waals surface area contributed by atoms with E-state index < -0.39 is 91.1 Å². The minimum Gasteiger partial charge on any atom is -0.457 e. The summed E-state index contributed by atoms with van der Waals surface area (Å²) >= 11 is 0. The topological polar surface area (TPSA) is 201 Å². The van der Waals surface area contributed by atoms with Crippen LogP contribution in [0.1, 0.15) is 78.8 Å². The number of carbonyl (C=O) groups is 1. The third-order valence-corrected chi connectivity index (χ3v) is 10.5. The molecular weight excluding hydrogens is 771 g/mol. The zero-order chi connectivity index (χ0) is 44.4. The molecule has 0 radical (unpaired) electrons. The highest BCUT2D eigenvalue weighted by Crippen LogP contribution is 2.28. The van der Waals surface area contributed by atoms with Crippen molar-refractivity contribution in [1.82, 2.24) is 4.98 Å². The SMILES string of the molecule is CO[C@@H]1[C@@H](O)[C@H](C=C/C=C/C=C/C(O)CC(O)C(C)c2nc(/C=C/C=C\C3OC(C(C)C(O)CC(C)O)C(C)OC(=O)\C=C/C=C/C=C\C(C)=C\C3C)co2)O[C@H](C)[C@H]1O. The van der Waals surface area contributed by atoms with Crippen LogP contribution in [-0.4, -0.2) is 122 Å². The predicted octanol–water partition coefficient (Wildman–Crippen LogP) is 5.37. The lowest BCUT2D eigenvalue weighted by Crippen LogP contribution is -2.56. The first-order chi connectivity index (χ1) is 28.5. The molecule has 1 saturated heterocycles. The molecule has 0 aliphatic carbocycles. The van der Waals surface area contributed by atoms with E-state index in [0.29, 0.717) is 11.6 Å². The van der Waals surface area contributed by atoms with E-state index in [1.165, 1.54) is 19.4 Å². The van der Waals surface area contributed by atoms with Gasteiger partial charge in [-0.15, -0.1) is 0 Å². The first kappa shape index (κ1) is 50.3. The van der Waals surface area contributed by atoms with Gasteiger partial charge < -0.3 is 54.0 Å². The molecule has 10 unspecified atom stereocenters. The van der Waals surface area contributed by atoms with Crippen LogP contribution in [0.2, 0.25) is 0 Å². The molecule has 0 saturated carbocycles. The first-order valence-electron chi connectivity index (χ1n) is 20.7. The number of aliphatic hydroxyl groups is 6. The summed E-state index contributed by atoms with van der Waals surface area (Å²) in [6, 6.07) is 0. The lowest BCUT2D eigenvalue weighted by molar-refractivity contribution is -0.212. The Morgan fingerprint density at radius 2 is 1.47 bits per heavy atom. The standard InChI is InChI=1S/C47H67NO12/c1-29-19-13-9-12-16-24-42(53)59-35(7)45(32(4)38(51)26-31(3)49)60-40(30(2)25-29)22-18-17-20-36-28-57-47(48-36)33(5)39(52)27-37(50)21-14-10-11-15-23-41-44(55)46(56-8)43(54)34(6)58-41/h9-25,28,30-35,37-41,43-46,49-52,54-55H,26-27H2,1-8H3/b11-10+,12-9+,19-13-,20-17+,21-14+,22-18-,23-15?,24-16-,29-25+/t30?,31?,32?,33?,34-,35?,37?,38?,39?,40?,41+,43-,44+,45?,46+/m1/s1. The van der Waals surface area contributed by atoms with Crippen LogP contribution in [0.5, 0.6) is 0 Å². The molecular formula is C47H67NO12. The van der Waals surface area contributed by atoms with Gasteiger partial charge in [0.1, 0.15) is 42.5 Å². The lowest BCUT2D eigenvalue weighted by atomic mass is 9.90. The molecule has 60 heavy (non-hydrogen) atoms. The van der Waals surface area contributed by atoms with E-state index in [-0.39, 0.29) is 18.8 Å². The molecule has 0 aromatic carbocycles. The van der Waals surface area contributed by atoms with E-state index in [9.17, 15) is 35.4 Å². The van der Waals surface area contributed by atoms with Gasteiger partial charge >= 0.3 is 5.97 Å². The highest BCUT2D eigenvalue weighted by atomic mass is 16.6. The Labute approximate surface area is 355 Å². The number of cyclic esters (lactones) is 1. The summed E-state index contributed by atoms with van der Waals surface area (Å²) in [5, 5.41) is 63.0. The number of hydrogen-bond acceptors (Lipinski definition) is 13. The summed E-state index contributed by atoms with van der Waals surface area (Å²) in [6.45, 7) is 12.6. The molecule has 1 aromatic heterocycles. The van der Waals surface area contributed by atoms with Crippen LogP contribution in [0, 0.1) is 11.8 Å². The zero-order valence-corrected chi connectivity index (χ0v) is 36.0. The summed E-state index contributed by atoms with van der Waals surface area (Å²) in [5.74, 6) is -1.38. The number of carbonyl (C=O) groups excluding carboxylic acids is 1. The number of nitrogens with zero attached hydrogens (tertiary/aromatic N) is 1. The average molecular weight is 838 g/mol. The van der Waals surface area contributed by atoms with Crippen LogP contribution < -0.4 is 0 Å². The van der Waals surface area contributed by atoms with Gasteiger partial charge in [0.2, 0.25) is 0 Å². The Kier molecular flexibility index (Phi) is 21.5. The smallest absolute Gasteiger partial charge is 0.331 e. The molecule has 3 heterocycles. The largest absolute Gasteiger partial charge is 0.457 e. The molecule has 15 atom stereocenters. The van der Waals surface area contributed by atoms with Gasteiger partial charge in [-0.2, -0.15) is 0 Å². The van der Waals surface area contributed by atoms with Gasteiger partial charge in [-0.05, 0) is 40.2 Å². The summed E-state index contributed by atoms with van der Waals surface area (Å²) in [4.78, 5) is 17.2. The number of allylic oxidation sites excluding steroid dienone is 12. The minimum absolute atomic E-state index is 0.0442. The molecule has 332 valence electrons. The first-order valence-corrected chi connectivity index (χ1v) is 20.7. The van der Waals surface area contributed by atoms with Crippen molar-refractivity contribution in [2.45, 2.75) is 140 Å². The monoisotopic (exact) mass is 837 g/mol. The van der Waals surface area contributed by atoms with Crippen molar-refractivity contribution in [1.29, 1.82) is 0 Å². The zero-order valence-electron chi connectivity index (χ0n) is 36.0. The molecule has 0 bridgehead atoms. The summed E-state index contributed by atoms with van der Waals surface area (Å²) in [7, 11) is 1.43. The van der Waals surface area contributed by atoms with Crippen LogP contribution in [0.15, 0.2) is 113 Å². The van der Waals surface area contributed by atoms with Crippen LogP contribution >= 0.6 is 0 Å². The Bertz CT molecular complexity index is 1720. The van der Waals surface area contributed by atoms with Crippen molar-refractivity contribution in [3.05, 3.63) is 121 Å². The Morgan fingerprint density at radius 3 is 2.17 bits per heavy atom. The Morgan fingerprint density at radius 1 is 0.800 bits per heavy atom. The molecule has 13 nitrogen and oxygen atoms in total. The molecule has 3 rings (SSSR count). The van der Waals surface area contributed by atoms with Crippen LogP contribution in [0.25, 0.3) is 6.08 Å². The van der Waals surface area contributed by atoms with Crippen LogP contribution in [0.4, 0.5) is 0 Å². The van der Waals surface area contributed by atoms with E-state index >= 15 is 0 Å². The van der Waals surface area contributed by atoms with Crippen molar-refractivity contribution in [2.24, 2.45) is 11.8 Å². The number of methoxy groups -OCH3 is 1. The van der Waals surface area contributed by atoms with E-state index in [0.717, 1.165) is 5.57 Å². The summed E-state index contributed by atoms with van der Waals surface area (Å²) in [5.41, 5.74) is 1.53. The average Bonchev–Trinajstić information content (AvgIpc) is 3.66. The number of esters is 1. The maximum absolute atomic E-state index is 12.6. The number of hydrogen-bond donors (Lipinski definition) is 6. The molecule has 6 N–H and O–H groups in total. The third-order valence-electron chi connectivity index (χ3n) is 10.5. The number of aliphatic hydroxyl groups excluding tert-OH is 6. The highest BCUT2D eigenvalue weighted by Gasteiger charge is 2.42. The van der Waals surface area contributed by atoms with Gasteiger partial charge in [0, 0.05) is 31.4 Å². The third kappa shape index (κ3) is 16.4. The van der Waals surface area contributed by atoms with E-state index in [1.54, 1.807) is 88.5 Å². The number of aromatic nitrogens is 1. The van der Waals surface area contributed by atoms with Crippen molar-refractivity contribution < 1.29 is 58.8 Å². The molecule has 1 fully saturated rings. The Balaban J connectivity index is 1.66. The Hall–Kier alpha value is -4.02. The van der Waals surface area contributed by atoms with E-state index in [1.807, 2.05) is 51.2 Å². The number of ether oxygens (including phenoxy) is 4. The second kappa shape index (κ2) is 25.7. The fourth-order valence-corrected chi connectivity index (χ4v) is 6.90. The van der Waals surface area contributed by atoms with E-state index in [2.05, 4.69) is 11.1 Å². The van der Waals surface area contributed by atoms with Gasteiger partial charge in [-0.3, -0.25) is 0 Å². The highest BCUT2D eigenvalue weighted by molar-refractivity contribution is 5.82. The van der Waals surface area contributed by atoms with Gasteiger partial charge in [0.25, 0.3) is 0 Å². The number of rotatable bonds is 16. The number of oxazole rings is 1. The minimum atomic E-state index is -1.02. The molecule has 0 amide bonds. The van der Waals surface area contributed by atoms with Gasteiger partial charge in [-0.1, -0.05) is 117 Å². The fourth-order valence-electron chi connectivity index (χ4n) is 6.90. The van der Waals surface area contributed by atoms with Gasteiger partial charge in [0.05, 0.1) is 48.6 Å². The molecule has 2 aliphatic heterocycles. The van der Waals surface area contributed by atoms with Crippen molar-refractivity contribution >= 4 is 12.0 Å². The normalized spacial score (nSPS) is 33.2. The summed E-state index contributed by atoms with van der Waals surface area (Å²) < 4.78 is 29.0. The molecule has 2 aliphatic rings. The van der Waals surface area contributed by atoms with E-state index in [4.69, 9.17) is 23.4 Å². The molecule has 0 spiro atoms. The second-order valence-corrected chi connectivity index (χ2v) is 15.7. The van der Waals surface area contributed by atoms with Crippen LogP contribution in [0.3, 0.4) is 0 Å². The lowest BCUT2D eigenvalue weighted by Gasteiger charge is -2.39. The van der Waals surface area contributed by atoms with Crippen molar-refractivity contribution in [3.63, 3.8) is 0 Å². The van der Waals surface area contributed by atoms with Crippen LogP contribution in [-0.2, 0) is 23.7 Å².